The Morgan fingerprint density at radius 2 is 1.75 bits per heavy atom. The number of rotatable bonds is 2. The van der Waals surface area contributed by atoms with Crippen molar-refractivity contribution >= 4 is 11.9 Å². The maximum atomic E-state index is 12.6. The van der Waals surface area contributed by atoms with Crippen LogP contribution in [0.1, 0.15) is 46.5 Å². The van der Waals surface area contributed by atoms with Gasteiger partial charge in [-0.15, -0.1) is 0 Å². The van der Waals surface area contributed by atoms with Crippen LogP contribution in [-0.2, 0) is 4.79 Å². The number of amides is 3. The summed E-state index contributed by atoms with van der Waals surface area (Å²) in [7, 11) is 1.64. The van der Waals surface area contributed by atoms with Crippen molar-refractivity contribution in [3.8, 4) is 0 Å². The molecule has 1 saturated heterocycles. The lowest BCUT2D eigenvalue weighted by molar-refractivity contribution is -0.125. The molecule has 1 aliphatic carbocycles. The summed E-state index contributed by atoms with van der Waals surface area (Å²) in [6, 6.07) is -0.0652. The number of nitrogens with one attached hydrogen (secondary N) is 1. The van der Waals surface area contributed by atoms with Crippen molar-refractivity contribution in [2.24, 2.45) is 5.41 Å². The number of nitrogens with zero attached hydrogens (tertiary/aromatic N) is 2. The lowest BCUT2D eigenvalue weighted by Crippen LogP contribution is -2.41. The van der Waals surface area contributed by atoms with Crippen LogP contribution in [0.5, 0.6) is 0 Å². The first-order chi connectivity index (χ1) is 11.3. The molecule has 0 spiro atoms. The molecule has 134 valence electrons. The maximum Gasteiger partial charge on any atom is 0.317 e. The van der Waals surface area contributed by atoms with Gasteiger partial charge in [0.1, 0.15) is 0 Å². The molecule has 0 atom stereocenters. The highest BCUT2D eigenvalue weighted by Crippen LogP contribution is 2.40. The van der Waals surface area contributed by atoms with Gasteiger partial charge in [-0.05, 0) is 43.6 Å². The number of carbonyl (C=O) groups excluding carboxylic acids is 2. The highest BCUT2D eigenvalue weighted by Gasteiger charge is 2.27. The molecule has 3 amide bonds. The summed E-state index contributed by atoms with van der Waals surface area (Å²) in [5, 5.41) is 2.65. The van der Waals surface area contributed by atoms with E-state index in [4.69, 9.17) is 0 Å². The molecule has 0 unspecified atom stereocenters. The second kappa shape index (κ2) is 7.86. The zero-order valence-corrected chi connectivity index (χ0v) is 15.5. The van der Waals surface area contributed by atoms with E-state index in [-0.39, 0.29) is 17.4 Å². The standard InChI is InChI=1S/C19H31N3O2/c1-15-7-5-10-19(2,3)16(15)8-9-17(23)21-11-6-12-22(14-13-21)18(24)20-4/h8-9H,5-7,10-14H2,1-4H3,(H,20,24). The number of allylic oxidation sites excluding steroid dienone is 3. The smallest absolute Gasteiger partial charge is 0.317 e. The van der Waals surface area contributed by atoms with Gasteiger partial charge in [-0.1, -0.05) is 25.5 Å². The summed E-state index contributed by atoms with van der Waals surface area (Å²) in [5.41, 5.74) is 2.86. The number of hydrogen-bond donors (Lipinski definition) is 1. The van der Waals surface area contributed by atoms with Crippen molar-refractivity contribution in [2.75, 3.05) is 33.2 Å². The Bertz CT molecular complexity index is 549. The van der Waals surface area contributed by atoms with Crippen LogP contribution in [0.3, 0.4) is 0 Å². The van der Waals surface area contributed by atoms with E-state index in [1.807, 2.05) is 11.0 Å². The van der Waals surface area contributed by atoms with Gasteiger partial charge in [0.2, 0.25) is 5.91 Å². The van der Waals surface area contributed by atoms with E-state index in [1.54, 1.807) is 18.0 Å². The SMILES string of the molecule is CNC(=O)N1CCCN(C(=O)C=CC2=C(C)CCCC2(C)C)CC1. The fourth-order valence-corrected chi connectivity index (χ4v) is 3.77. The second-order valence-corrected chi connectivity index (χ2v) is 7.49. The normalized spacial score (nSPS) is 21.8. The van der Waals surface area contributed by atoms with Gasteiger partial charge in [-0.3, -0.25) is 4.79 Å². The molecule has 1 aliphatic heterocycles. The summed E-state index contributed by atoms with van der Waals surface area (Å²) in [4.78, 5) is 27.9. The summed E-state index contributed by atoms with van der Waals surface area (Å²) < 4.78 is 0. The number of hydrogen-bond acceptors (Lipinski definition) is 2. The van der Waals surface area contributed by atoms with Crippen LogP contribution in [0.15, 0.2) is 23.3 Å². The first-order valence-electron chi connectivity index (χ1n) is 8.99. The molecule has 2 rings (SSSR count). The Labute approximate surface area is 145 Å². The molecule has 2 aliphatic rings. The Hall–Kier alpha value is -1.78. The van der Waals surface area contributed by atoms with Crippen LogP contribution in [0.25, 0.3) is 0 Å². The third-order valence-electron chi connectivity index (χ3n) is 5.24. The highest BCUT2D eigenvalue weighted by molar-refractivity contribution is 5.88. The van der Waals surface area contributed by atoms with Crippen LogP contribution in [-0.4, -0.2) is 55.0 Å². The molecular weight excluding hydrogens is 302 g/mol. The van der Waals surface area contributed by atoms with E-state index in [2.05, 4.69) is 26.1 Å². The zero-order valence-electron chi connectivity index (χ0n) is 15.5. The number of urea groups is 1. The Balaban J connectivity index is 2.00. The molecule has 1 N–H and O–H groups in total. The minimum absolute atomic E-state index is 0.0513. The van der Waals surface area contributed by atoms with E-state index in [9.17, 15) is 9.59 Å². The summed E-state index contributed by atoms with van der Waals surface area (Å²) >= 11 is 0. The average molecular weight is 333 g/mol. The molecule has 0 bridgehead atoms. The van der Waals surface area contributed by atoms with Gasteiger partial charge in [0.05, 0.1) is 0 Å². The summed E-state index contributed by atoms with van der Waals surface area (Å²) in [6.07, 6.45) is 8.09. The lowest BCUT2D eigenvalue weighted by Gasteiger charge is -2.33. The molecule has 5 heteroatoms. The van der Waals surface area contributed by atoms with Gasteiger partial charge < -0.3 is 15.1 Å². The first-order valence-corrected chi connectivity index (χ1v) is 8.99. The van der Waals surface area contributed by atoms with Gasteiger partial charge in [0, 0.05) is 39.3 Å². The van der Waals surface area contributed by atoms with Gasteiger partial charge in [-0.25, -0.2) is 4.79 Å². The minimum atomic E-state index is -0.0652. The molecule has 24 heavy (non-hydrogen) atoms. The monoisotopic (exact) mass is 333 g/mol. The molecular formula is C19H31N3O2. The van der Waals surface area contributed by atoms with E-state index >= 15 is 0 Å². The van der Waals surface area contributed by atoms with Crippen LogP contribution < -0.4 is 5.32 Å². The Morgan fingerprint density at radius 3 is 2.42 bits per heavy atom. The van der Waals surface area contributed by atoms with Crippen LogP contribution in [0, 0.1) is 5.41 Å². The van der Waals surface area contributed by atoms with E-state index in [0.717, 1.165) is 12.8 Å². The van der Waals surface area contributed by atoms with E-state index in [0.29, 0.717) is 26.2 Å². The third-order valence-corrected chi connectivity index (χ3v) is 5.24. The van der Waals surface area contributed by atoms with Gasteiger partial charge in [0.15, 0.2) is 0 Å². The molecule has 5 nitrogen and oxygen atoms in total. The Morgan fingerprint density at radius 1 is 1.08 bits per heavy atom. The maximum absolute atomic E-state index is 12.6. The molecule has 0 radical (unpaired) electrons. The highest BCUT2D eigenvalue weighted by atomic mass is 16.2. The third kappa shape index (κ3) is 4.40. The topological polar surface area (TPSA) is 52.7 Å². The van der Waals surface area contributed by atoms with Crippen molar-refractivity contribution < 1.29 is 9.59 Å². The van der Waals surface area contributed by atoms with Crippen molar-refractivity contribution in [1.82, 2.24) is 15.1 Å². The van der Waals surface area contributed by atoms with Crippen LogP contribution in [0.4, 0.5) is 4.79 Å². The van der Waals surface area contributed by atoms with E-state index in [1.165, 1.54) is 24.0 Å². The largest absolute Gasteiger partial charge is 0.341 e. The predicted octanol–water partition coefficient (Wildman–Crippen LogP) is 2.94. The minimum Gasteiger partial charge on any atom is -0.341 e. The average Bonchev–Trinajstić information content (AvgIpc) is 2.79. The van der Waals surface area contributed by atoms with Crippen molar-refractivity contribution in [3.63, 3.8) is 0 Å². The summed E-state index contributed by atoms with van der Waals surface area (Å²) in [6.45, 7) is 9.28. The van der Waals surface area contributed by atoms with E-state index < -0.39 is 0 Å². The quantitative estimate of drug-likeness (QED) is 0.790. The molecule has 0 saturated carbocycles. The molecule has 1 heterocycles. The fraction of sp³-hybridized carbons (Fsp3) is 0.684. The Kier molecular flexibility index (Phi) is 6.08. The molecule has 1 fully saturated rings. The summed E-state index contributed by atoms with van der Waals surface area (Å²) in [5.74, 6) is 0.0513. The molecule has 0 aromatic rings. The zero-order chi connectivity index (χ0) is 17.7. The van der Waals surface area contributed by atoms with Crippen molar-refractivity contribution in [2.45, 2.75) is 46.5 Å². The fourth-order valence-electron chi connectivity index (χ4n) is 3.77. The van der Waals surface area contributed by atoms with Gasteiger partial charge in [0.25, 0.3) is 0 Å². The number of carbonyl (C=O) groups is 2. The van der Waals surface area contributed by atoms with Crippen LogP contribution >= 0.6 is 0 Å². The predicted molar refractivity (Wildman–Crippen MR) is 96.7 cm³/mol. The first kappa shape index (κ1) is 18.6. The van der Waals surface area contributed by atoms with Gasteiger partial charge in [-0.2, -0.15) is 0 Å². The lowest BCUT2D eigenvalue weighted by atomic mass is 9.72. The van der Waals surface area contributed by atoms with Crippen molar-refractivity contribution in [1.29, 1.82) is 0 Å². The molecule has 0 aromatic carbocycles. The van der Waals surface area contributed by atoms with Crippen molar-refractivity contribution in [3.05, 3.63) is 23.3 Å². The van der Waals surface area contributed by atoms with Crippen LogP contribution in [0.2, 0.25) is 0 Å². The molecule has 0 aromatic heterocycles. The second-order valence-electron chi connectivity index (χ2n) is 7.49. The van der Waals surface area contributed by atoms with Gasteiger partial charge >= 0.3 is 6.03 Å².